The van der Waals surface area contributed by atoms with Gasteiger partial charge in [0.15, 0.2) is 11.7 Å². The number of oxazole rings is 1. The van der Waals surface area contributed by atoms with Gasteiger partial charge in [0.25, 0.3) is 0 Å². The first-order valence-electron chi connectivity index (χ1n) is 8.16. The van der Waals surface area contributed by atoms with Crippen LogP contribution in [0.25, 0.3) is 11.3 Å². The van der Waals surface area contributed by atoms with Crippen LogP contribution < -0.4 is 0 Å². The summed E-state index contributed by atoms with van der Waals surface area (Å²) in [6, 6.07) is 9.67. The third-order valence-electron chi connectivity index (χ3n) is 4.22. The van der Waals surface area contributed by atoms with E-state index in [-0.39, 0.29) is 5.91 Å². The van der Waals surface area contributed by atoms with E-state index in [1.165, 1.54) is 10.6 Å². The monoisotopic (exact) mass is 363 g/mol. The maximum absolute atomic E-state index is 12.3. The van der Waals surface area contributed by atoms with Gasteiger partial charge in [-0.2, -0.15) is 4.31 Å². The van der Waals surface area contributed by atoms with Gasteiger partial charge in [-0.3, -0.25) is 4.79 Å². The molecule has 2 heterocycles. The fourth-order valence-electron chi connectivity index (χ4n) is 2.80. The molecular formula is C17H21N3O4S. The minimum atomic E-state index is -3.18. The Kier molecular flexibility index (Phi) is 5.19. The molecule has 0 bridgehead atoms. The molecule has 1 fully saturated rings. The molecule has 1 saturated heterocycles. The van der Waals surface area contributed by atoms with Crippen LogP contribution in [0.5, 0.6) is 0 Å². The van der Waals surface area contributed by atoms with Crippen molar-refractivity contribution >= 4 is 15.9 Å². The van der Waals surface area contributed by atoms with Crippen LogP contribution in [-0.2, 0) is 21.2 Å². The number of carbonyl (C=O) groups is 1. The zero-order valence-corrected chi connectivity index (χ0v) is 14.9. The Bertz CT molecular complexity index is 825. The van der Waals surface area contributed by atoms with Crippen molar-refractivity contribution in [3.05, 3.63) is 42.4 Å². The highest BCUT2D eigenvalue weighted by Crippen LogP contribution is 2.20. The van der Waals surface area contributed by atoms with Crippen molar-refractivity contribution in [2.24, 2.45) is 0 Å². The summed E-state index contributed by atoms with van der Waals surface area (Å²) < 4.78 is 30.1. The molecule has 0 unspecified atom stereocenters. The summed E-state index contributed by atoms with van der Waals surface area (Å²) in [5.41, 5.74) is 0.949. The van der Waals surface area contributed by atoms with Crippen molar-refractivity contribution in [2.75, 3.05) is 32.4 Å². The zero-order valence-electron chi connectivity index (χ0n) is 14.1. The molecule has 0 saturated carbocycles. The van der Waals surface area contributed by atoms with Gasteiger partial charge in [0.1, 0.15) is 0 Å². The molecule has 0 N–H and O–H groups in total. The number of rotatable bonds is 5. The Balaban J connectivity index is 1.51. The van der Waals surface area contributed by atoms with Crippen LogP contribution in [0.15, 0.2) is 40.9 Å². The third-order valence-corrected chi connectivity index (χ3v) is 5.53. The normalized spacial score (nSPS) is 16.1. The predicted octanol–water partition coefficient (Wildman–Crippen LogP) is 1.38. The van der Waals surface area contributed by atoms with E-state index < -0.39 is 10.0 Å². The molecule has 8 heteroatoms. The Morgan fingerprint density at radius 1 is 1.16 bits per heavy atom. The van der Waals surface area contributed by atoms with Gasteiger partial charge in [0, 0.05) is 44.6 Å². The number of hydrogen-bond donors (Lipinski definition) is 0. The third kappa shape index (κ3) is 4.46. The van der Waals surface area contributed by atoms with Crippen molar-refractivity contribution < 1.29 is 17.6 Å². The van der Waals surface area contributed by atoms with Crippen LogP contribution in [0.1, 0.15) is 12.3 Å². The van der Waals surface area contributed by atoms with Crippen molar-refractivity contribution in [2.45, 2.75) is 12.8 Å². The van der Waals surface area contributed by atoms with E-state index >= 15 is 0 Å². The minimum absolute atomic E-state index is 0.00684. The summed E-state index contributed by atoms with van der Waals surface area (Å²) in [6.07, 6.45) is 3.59. The van der Waals surface area contributed by atoms with E-state index in [0.29, 0.717) is 50.7 Å². The second-order valence-corrected chi connectivity index (χ2v) is 8.01. The first-order valence-corrected chi connectivity index (χ1v) is 10.0. The second-order valence-electron chi connectivity index (χ2n) is 6.03. The van der Waals surface area contributed by atoms with E-state index in [2.05, 4.69) is 4.98 Å². The molecule has 1 aromatic heterocycles. The minimum Gasteiger partial charge on any atom is -0.441 e. The second kappa shape index (κ2) is 7.37. The highest BCUT2D eigenvalue weighted by molar-refractivity contribution is 7.88. The number of piperazine rings is 1. The molecule has 1 aliphatic heterocycles. The van der Waals surface area contributed by atoms with Crippen molar-refractivity contribution in [3.8, 4) is 11.3 Å². The van der Waals surface area contributed by atoms with Crippen LogP contribution in [0.2, 0.25) is 0 Å². The lowest BCUT2D eigenvalue weighted by molar-refractivity contribution is -0.132. The van der Waals surface area contributed by atoms with E-state index in [9.17, 15) is 13.2 Å². The molecule has 7 nitrogen and oxygen atoms in total. The molecule has 1 aliphatic rings. The maximum Gasteiger partial charge on any atom is 0.223 e. The van der Waals surface area contributed by atoms with Crippen LogP contribution >= 0.6 is 0 Å². The molecule has 1 amide bonds. The number of benzene rings is 1. The van der Waals surface area contributed by atoms with E-state index in [4.69, 9.17) is 4.42 Å². The van der Waals surface area contributed by atoms with E-state index in [1.54, 1.807) is 11.1 Å². The van der Waals surface area contributed by atoms with Gasteiger partial charge in [-0.25, -0.2) is 13.4 Å². The van der Waals surface area contributed by atoms with Gasteiger partial charge in [-0.05, 0) is 0 Å². The summed E-state index contributed by atoms with van der Waals surface area (Å²) >= 11 is 0. The average molecular weight is 363 g/mol. The van der Waals surface area contributed by atoms with Gasteiger partial charge >= 0.3 is 0 Å². The first-order chi connectivity index (χ1) is 11.9. The Hall–Kier alpha value is -2.19. The maximum atomic E-state index is 12.3. The highest BCUT2D eigenvalue weighted by Gasteiger charge is 2.25. The molecule has 3 rings (SSSR count). The molecule has 134 valence electrons. The molecular weight excluding hydrogens is 342 g/mol. The first kappa shape index (κ1) is 17.6. The van der Waals surface area contributed by atoms with Crippen LogP contribution in [0.4, 0.5) is 0 Å². The Morgan fingerprint density at radius 3 is 2.48 bits per heavy atom. The number of aromatic nitrogens is 1. The standard InChI is InChI=1S/C17H21N3O4S/c1-25(22,23)20-11-9-19(10-12-20)17(21)8-7-16-18-13-15(24-16)14-5-3-2-4-6-14/h2-6,13H,7-12H2,1H3. The molecule has 0 radical (unpaired) electrons. The van der Waals surface area contributed by atoms with Crippen molar-refractivity contribution in [1.82, 2.24) is 14.2 Å². The molecule has 1 aromatic carbocycles. The number of carbonyl (C=O) groups excluding carboxylic acids is 1. The Labute approximate surface area is 147 Å². The zero-order chi connectivity index (χ0) is 17.9. The average Bonchev–Trinajstić information content (AvgIpc) is 3.09. The lowest BCUT2D eigenvalue weighted by atomic mass is 10.2. The van der Waals surface area contributed by atoms with Crippen LogP contribution in [0.3, 0.4) is 0 Å². The summed E-state index contributed by atoms with van der Waals surface area (Å²) in [5, 5.41) is 0. The highest BCUT2D eigenvalue weighted by atomic mass is 32.2. The fraction of sp³-hybridized carbons (Fsp3) is 0.412. The summed E-state index contributed by atoms with van der Waals surface area (Å²) in [7, 11) is -3.18. The number of aryl methyl sites for hydroxylation is 1. The van der Waals surface area contributed by atoms with Gasteiger partial charge in [-0.15, -0.1) is 0 Å². The number of amides is 1. The number of sulfonamides is 1. The molecule has 0 spiro atoms. The van der Waals surface area contributed by atoms with Gasteiger partial charge in [0.05, 0.1) is 12.5 Å². The molecule has 25 heavy (non-hydrogen) atoms. The smallest absolute Gasteiger partial charge is 0.223 e. The Morgan fingerprint density at radius 2 is 1.84 bits per heavy atom. The summed E-state index contributed by atoms with van der Waals surface area (Å²) in [4.78, 5) is 18.2. The summed E-state index contributed by atoms with van der Waals surface area (Å²) in [5.74, 6) is 1.21. The number of nitrogens with zero attached hydrogens (tertiary/aromatic N) is 3. The van der Waals surface area contributed by atoms with E-state index in [0.717, 1.165) is 5.56 Å². The van der Waals surface area contributed by atoms with Gasteiger partial charge in [-0.1, -0.05) is 30.3 Å². The van der Waals surface area contributed by atoms with Crippen molar-refractivity contribution in [1.29, 1.82) is 0 Å². The quantitative estimate of drug-likeness (QED) is 0.801. The lowest BCUT2D eigenvalue weighted by Gasteiger charge is -2.33. The largest absolute Gasteiger partial charge is 0.441 e. The number of hydrogen-bond acceptors (Lipinski definition) is 5. The fourth-order valence-corrected chi connectivity index (χ4v) is 3.63. The van der Waals surface area contributed by atoms with Gasteiger partial charge in [0.2, 0.25) is 15.9 Å². The predicted molar refractivity (Wildman–Crippen MR) is 93.3 cm³/mol. The lowest BCUT2D eigenvalue weighted by Crippen LogP contribution is -2.50. The summed E-state index contributed by atoms with van der Waals surface area (Å²) in [6.45, 7) is 1.54. The van der Waals surface area contributed by atoms with E-state index in [1.807, 2.05) is 30.3 Å². The SMILES string of the molecule is CS(=O)(=O)N1CCN(C(=O)CCc2ncc(-c3ccccc3)o2)CC1. The molecule has 2 aromatic rings. The van der Waals surface area contributed by atoms with Crippen LogP contribution in [-0.4, -0.2) is 60.9 Å². The topological polar surface area (TPSA) is 83.7 Å². The van der Waals surface area contributed by atoms with Gasteiger partial charge < -0.3 is 9.32 Å². The van der Waals surface area contributed by atoms with Crippen LogP contribution in [0, 0.1) is 0 Å². The molecule has 0 atom stereocenters. The molecule has 0 aliphatic carbocycles. The van der Waals surface area contributed by atoms with Crippen molar-refractivity contribution in [3.63, 3.8) is 0 Å².